The highest BCUT2D eigenvalue weighted by molar-refractivity contribution is 6.32. The Balaban J connectivity index is 1.70. The van der Waals surface area contributed by atoms with Crippen LogP contribution in [0.15, 0.2) is 48.2 Å². The molecule has 0 aromatic heterocycles. The van der Waals surface area contributed by atoms with Gasteiger partial charge in [-0.3, -0.25) is 4.90 Å². The van der Waals surface area contributed by atoms with Crippen LogP contribution in [-0.4, -0.2) is 41.1 Å². The van der Waals surface area contributed by atoms with Gasteiger partial charge in [0, 0.05) is 19.1 Å². The molecule has 2 aromatic rings. The van der Waals surface area contributed by atoms with Crippen molar-refractivity contribution in [2.24, 2.45) is 0 Å². The quantitative estimate of drug-likeness (QED) is 0.692. The summed E-state index contributed by atoms with van der Waals surface area (Å²) >= 11 is 6.25. The normalized spacial score (nSPS) is 20.2. The molecule has 1 fully saturated rings. The van der Waals surface area contributed by atoms with E-state index in [2.05, 4.69) is 17.8 Å². The Morgan fingerprint density at radius 2 is 1.93 bits per heavy atom. The third kappa shape index (κ3) is 4.56. The molecule has 1 aliphatic rings. The predicted molar refractivity (Wildman–Crippen MR) is 108 cm³/mol. The number of carbonyl (C=O) groups excluding carboxylic acids is 1. The van der Waals surface area contributed by atoms with Gasteiger partial charge in [0.2, 0.25) is 0 Å². The van der Waals surface area contributed by atoms with E-state index in [-0.39, 0.29) is 17.9 Å². The number of piperazine rings is 1. The number of hydrogen-bond acceptors (Lipinski definition) is 4. The van der Waals surface area contributed by atoms with Crippen molar-refractivity contribution in [1.82, 2.24) is 9.80 Å². The van der Waals surface area contributed by atoms with Crippen LogP contribution in [0, 0.1) is 12.7 Å². The van der Waals surface area contributed by atoms with E-state index in [1.54, 1.807) is 12.1 Å². The van der Waals surface area contributed by atoms with Crippen molar-refractivity contribution in [3.8, 4) is 5.75 Å². The van der Waals surface area contributed by atoms with Gasteiger partial charge in [0.05, 0.1) is 11.1 Å². The van der Waals surface area contributed by atoms with E-state index >= 15 is 0 Å². The molecule has 0 amide bonds. The zero-order valence-corrected chi connectivity index (χ0v) is 17.0. The number of hydrogen-bond donors (Lipinski definition) is 0. The number of nitrogens with zero attached hydrogens (tertiary/aromatic N) is 2. The second-order valence-electron chi connectivity index (χ2n) is 7.25. The molecule has 0 saturated carbocycles. The largest absolute Gasteiger partial charge is 0.477 e. The zero-order chi connectivity index (χ0) is 20.3. The number of rotatable bonds is 5. The van der Waals surface area contributed by atoms with Gasteiger partial charge in [-0.2, -0.15) is 0 Å². The van der Waals surface area contributed by atoms with E-state index in [0.717, 1.165) is 17.7 Å². The van der Waals surface area contributed by atoms with Crippen LogP contribution < -0.4 is 4.74 Å². The predicted octanol–water partition coefficient (Wildman–Crippen LogP) is 4.43. The van der Waals surface area contributed by atoms with Gasteiger partial charge in [-0.25, -0.2) is 9.18 Å². The molecule has 1 heterocycles. The first-order chi connectivity index (χ1) is 13.4. The topological polar surface area (TPSA) is 32.8 Å². The number of benzene rings is 2. The highest BCUT2D eigenvalue weighted by Crippen LogP contribution is 2.28. The van der Waals surface area contributed by atoms with Gasteiger partial charge in [0.25, 0.3) is 0 Å². The van der Waals surface area contributed by atoms with E-state index in [1.165, 1.54) is 12.1 Å². The van der Waals surface area contributed by atoms with E-state index in [0.29, 0.717) is 29.7 Å². The average molecular weight is 403 g/mol. The summed E-state index contributed by atoms with van der Waals surface area (Å²) in [5, 5.41) is 0.571. The van der Waals surface area contributed by atoms with Gasteiger partial charge in [0.15, 0.2) is 0 Å². The molecule has 0 unspecified atom stereocenters. The van der Waals surface area contributed by atoms with Gasteiger partial charge in [-0.1, -0.05) is 29.8 Å². The molecule has 28 heavy (non-hydrogen) atoms. The van der Waals surface area contributed by atoms with E-state index in [4.69, 9.17) is 16.3 Å². The van der Waals surface area contributed by atoms with Crippen molar-refractivity contribution in [1.29, 1.82) is 0 Å². The highest BCUT2D eigenvalue weighted by Gasteiger charge is 2.34. The molecular formula is C22H24ClFN2O2. The summed E-state index contributed by atoms with van der Waals surface area (Å²) in [4.78, 5) is 15.8. The highest BCUT2D eigenvalue weighted by atomic mass is 35.5. The average Bonchev–Trinajstić information content (AvgIpc) is 2.66. The lowest BCUT2D eigenvalue weighted by molar-refractivity contribution is 0.0286. The van der Waals surface area contributed by atoms with Crippen LogP contribution in [0.4, 0.5) is 4.39 Å². The summed E-state index contributed by atoms with van der Waals surface area (Å²) < 4.78 is 19.1. The standard InChI is InChI=1S/C22H24ClFN2O2/c1-15-4-9-22(20(23)10-15)28-14-25-11-16(2)26(21(13-27)17(25)3)12-18-5-7-19(24)8-6-18/h4-10,16-17H,11-12,14H2,1-3H3/t16-,17+/m0/s1. The Morgan fingerprint density at radius 1 is 1.21 bits per heavy atom. The summed E-state index contributed by atoms with van der Waals surface area (Å²) in [7, 11) is 0. The molecule has 0 bridgehead atoms. The van der Waals surface area contributed by atoms with Crippen LogP contribution >= 0.6 is 11.6 Å². The Labute approximate surface area is 170 Å². The molecule has 0 N–H and O–H groups in total. The maximum absolute atomic E-state index is 13.2. The van der Waals surface area contributed by atoms with Crippen LogP contribution in [0.2, 0.25) is 5.02 Å². The summed E-state index contributed by atoms with van der Waals surface area (Å²) in [5.74, 6) is 2.46. The lowest BCUT2D eigenvalue weighted by Gasteiger charge is -2.45. The number of halogens is 2. The maximum Gasteiger partial charge on any atom is 0.147 e. The van der Waals surface area contributed by atoms with E-state index < -0.39 is 0 Å². The lowest BCUT2D eigenvalue weighted by atomic mass is 10.0. The number of aryl methyl sites for hydroxylation is 1. The third-order valence-electron chi connectivity index (χ3n) is 5.13. The molecule has 2 atom stereocenters. The minimum atomic E-state index is -0.270. The molecular weight excluding hydrogens is 379 g/mol. The summed E-state index contributed by atoms with van der Waals surface area (Å²) in [6.07, 6.45) is 0. The second-order valence-corrected chi connectivity index (χ2v) is 7.65. The van der Waals surface area contributed by atoms with Crippen LogP contribution in [0.5, 0.6) is 5.75 Å². The fourth-order valence-corrected chi connectivity index (χ4v) is 3.75. The summed E-state index contributed by atoms with van der Waals surface area (Å²) in [6, 6.07) is 11.9. The Morgan fingerprint density at radius 3 is 2.57 bits per heavy atom. The molecule has 0 aliphatic carbocycles. The van der Waals surface area contributed by atoms with E-state index in [9.17, 15) is 9.18 Å². The van der Waals surface area contributed by atoms with Crippen molar-refractivity contribution in [3.05, 3.63) is 70.1 Å². The van der Waals surface area contributed by atoms with Crippen LogP contribution in [0.3, 0.4) is 0 Å². The van der Waals surface area contributed by atoms with Crippen LogP contribution in [-0.2, 0) is 11.3 Å². The first-order valence-electron chi connectivity index (χ1n) is 9.28. The molecule has 148 valence electrons. The van der Waals surface area contributed by atoms with Gasteiger partial charge in [0.1, 0.15) is 29.9 Å². The van der Waals surface area contributed by atoms with Crippen molar-refractivity contribution in [2.45, 2.75) is 39.4 Å². The maximum atomic E-state index is 13.2. The van der Waals surface area contributed by atoms with Gasteiger partial charge in [-0.15, -0.1) is 0 Å². The molecule has 1 aliphatic heterocycles. The minimum Gasteiger partial charge on any atom is -0.477 e. The minimum absolute atomic E-state index is 0.0785. The van der Waals surface area contributed by atoms with E-state index in [1.807, 2.05) is 36.9 Å². The monoisotopic (exact) mass is 402 g/mol. The first-order valence-corrected chi connectivity index (χ1v) is 9.66. The SMILES string of the molecule is Cc1ccc(OCN2C[C@H](C)N(Cc3ccc(F)cc3)C(=C=O)[C@H]2C)c(Cl)c1. The van der Waals surface area contributed by atoms with Crippen LogP contribution in [0.1, 0.15) is 25.0 Å². The lowest BCUT2D eigenvalue weighted by Crippen LogP contribution is -2.55. The van der Waals surface area contributed by atoms with Gasteiger partial charge >= 0.3 is 0 Å². The van der Waals surface area contributed by atoms with Crippen molar-refractivity contribution < 1.29 is 13.9 Å². The zero-order valence-electron chi connectivity index (χ0n) is 16.3. The fourth-order valence-electron chi connectivity index (χ4n) is 3.46. The fraction of sp³-hybridized carbons (Fsp3) is 0.364. The Bertz CT molecular complexity index is 881. The Hall–Kier alpha value is -2.33. The van der Waals surface area contributed by atoms with Crippen molar-refractivity contribution >= 4 is 17.5 Å². The van der Waals surface area contributed by atoms with Gasteiger partial charge in [-0.05, 0) is 56.2 Å². The third-order valence-corrected chi connectivity index (χ3v) is 5.42. The first kappa shape index (κ1) is 20.4. The van der Waals surface area contributed by atoms with Crippen LogP contribution in [0.25, 0.3) is 0 Å². The number of ether oxygens (including phenoxy) is 1. The molecule has 4 nitrogen and oxygen atoms in total. The summed E-state index contributed by atoms with van der Waals surface area (Å²) in [5.41, 5.74) is 2.59. The Kier molecular flexibility index (Phi) is 6.40. The molecule has 0 spiro atoms. The molecule has 1 saturated heterocycles. The second kappa shape index (κ2) is 8.78. The molecule has 0 radical (unpaired) electrons. The van der Waals surface area contributed by atoms with Crippen molar-refractivity contribution in [2.75, 3.05) is 13.3 Å². The molecule has 3 rings (SSSR count). The van der Waals surface area contributed by atoms with Crippen molar-refractivity contribution in [3.63, 3.8) is 0 Å². The smallest absolute Gasteiger partial charge is 0.147 e. The molecule has 2 aromatic carbocycles. The summed E-state index contributed by atoms with van der Waals surface area (Å²) in [6.45, 7) is 7.57. The molecule has 6 heteroatoms. The van der Waals surface area contributed by atoms with Gasteiger partial charge < -0.3 is 9.64 Å².